The highest BCUT2D eigenvalue weighted by Gasteiger charge is 2.31. The highest BCUT2D eigenvalue weighted by atomic mass is 32.2. The number of carbonyl (C=O) groups is 1. The van der Waals surface area contributed by atoms with Gasteiger partial charge in [-0.25, -0.2) is 8.42 Å². The minimum absolute atomic E-state index is 0.0435. The summed E-state index contributed by atoms with van der Waals surface area (Å²) in [6, 6.07) is 1.54. The molecule has 2 rings (SSSR count). The van der Waals surface area contributed by atoms with E-state index < -0.39 is 10.0 Å². The van der Waals surface area contributed by atoms with E-state index in [9.17, 15) is 13.2 Å². The lowest BCUT2D eigenvalue weighted by atomic mass is 10.2. The van der Waals surface area contributed by atoms with Gasteiger partial charge in [0, 0.05) is 31.7 Å². The van der Waals surface area contributed by atoms with Crippen molar-refractivity contribution in [2.24, 2.45) is 0 Å². The van der Waals surface area contributed by atoms with Crippen LogP contribution in [-0.4, -0.2) is 62.3 Å². The fourth-order valence-electron chi connectivity index (χ4n) is 3.20. The molecule has 1 aliphatic heterocycles. The number of rotatable bonds is 8. The average molecular weight is 372 g/mol. The third kappa shape index (κ3) is 4.43. The molecule has 0 bridgehead atoms. The molecule has 1 atom stereocenters. The van der Waals surface area contributed by atoms with E-state index in [0.717, 1.165) is 25.9 Å². The van der Waals surface area contributed by atoms with E-state index in [4.69, 9.17) is 4.42 Å². The van der Waals surface area contributed by atoms with E-state index in [0.29, 0.717) is 19.6 Å². The van der Waals surface area contributed by atoms with E-state index in [2.05, 4.69) is 24.1 Å². The maximum absolute atomic E-state index is 12.7. The zero-order valence-corrected chi connectivity index (χ0v) is 16.4. The summed E-state index contributed by atoms with van der Waals surface area (Å²) >= 11 is 0. The number of nitrogens with one attached hydrogen (secondary N) is 1. The van der Waals surface area contributed by atoms with Gasteiger partial charge in [0.15, 0.2) is 5.76 Å². The number of nitrogens with zero attached hydrogens (tertiary/aromatic N) is 2. The van der Waals surface area contributed by atoms with Gasteiger partial charge in [0.05, 0.1) is 0 Å². The Hall–Kier alpha value is -1.38. The molecular formula is C17H29N3O4S. The topological polar surface area (TPSA) is 82.9 Å². The molecule has 8 heteroatoms. The Morgan fingerprint density at radius 1 is 1.32 bits per heavy atom. The Balaban J connectivity index is 2.07. The largest absolute Gasteiger partial charge is 0.455 e. The number of hydrogen-bond donors (Lipinski definition) is 1. The maximum Gasteiger partial charge on any atom is 0.287 e. The SMILES string of the molecule is CCN(CC)C(C)CNC(=O)c1cc(S(=O)(=O)N2CCCC2)c(C)o1. The van der Waals surface area contributed by atoms with Crippen LogP contribution in [0.4, 0.5) is 0 Å². The summed E-state index contributed by atoms with van der Waals surface area (Å²) in [5.41, 5.74) is 0. The quantitative estimate of drug-likeness (QED) is 0.754. The van der Waals surface area contributed by atoms with E-state index in [-0.39, 0.29) is 28.4 Å². The first-order valence-corrected chi connectivity index (χ1v) is 10.4. The van der Waals surface area contributed by atoms with Crippen molar-refractivity contribution >= 4 is 15.9 Å². The standard InChI is InChI=1S/C17H29N3O4S/c1-5-19(6-2)13(3)12-18-17(21)15-11-16(14(4)24-15)25(22,23)20-9-7-8-10-20/h11,13H,5-10,12H2,1-4H3,(H,18,21). The van der Waals surface area contributed by atoms with Crippen LogP contribution in [0.15, 0.2) is 15.4 Å². The normalized spacial score (nSPS) is 17.2. The van der Waals surface area contributed by atoms with Crippen LogP contribution in [0.3, 0.4) is 0 Å². The van der Waals surface area contributed by atoms with Crippen molar-refractivity contribution in [3.8, 4) is 0 Å². The molecule has 0 spiro atoms. The zero-order valence-electron chi connectivity index (χ0n) is 15.5. The second-order valence-corrected chi connectivity index (χ2v) is 8.33. The first kappa shape index (κ1) is 19.9. The van der Waals surface area contributed by atoms with Crippen molar-refractivity contribution in [2.75, 3.05) is 32.7 Å². The van der Waals surface area contributed by atoms with Crippen LogP contribution in [0.1, 0.15) is 49.9 Å². The Labute approximate surface area is 150 Å². The summed E-state index contributed by atoms with van der Waals surface area (Å²) in [6.45, 7) is 11.1. The fourth-order valence-corrected chi connectivity index (χ4v) is 4.88. The molecule has 1 unspecified atom stereocenters. The minimum atomic E-state index is -3.58. The Bertz CT molecular complexity index is 689. The minimum Gasteiger partial charge on any atom is -0.455 e. The molecule has 1 saturated heterocycles. The highest BCUT2D eigenvalue weighted by Crippen LogP contribution is 2.26. The summed E-state index contributed by atoms with van der Waals surface area (Å²) in [6.07, 6.45) is 1.74. The van der Waals surface area contributed by atoms with Crippen LogP contribution in [0.5, 0.6) is 0 Å². The molecule has 142 valence electrons. The second kappa shape index (κ2) is 8.33. The first-order chi connectivity index (χ1) is 11.8. The van der Waals surface area contributed by atoms with Crippen LogP contribution < -0.4 is 5.32 Å². The van der Waals surface area contributed by atoms with Gasteiger partial charge in [-0.1, -0.05) is 13.8 Å². The monoisotopic (exact) mass is 371 g/mol. The van der Waals surface area contributed by atoms with Crippen molar-refractivity contribution in [1.82, 2.24) is 14.5 Å². The Kier molecular flexibility index (Phi) is 6.65. The molecule has 1 amide bonds. The smallest absolute Gasteiger partial charge is 0.287 e. The molecule has 25 heavy (non-hydrogen) atoms. The van der Waals surface area contributed by atoms with E-state index in [1.54, 1.807) is 6.92 Å². The molecule has 1 N–H and O–H groups in total. The van der Waals surface area contributed by atoms with Gasteiger partial charge in [-0.05, 0) is 39.8 Å². The third-order valence-electron chi connectivity index (χ3n) is 4.77. The van der Waals surface area contributed by atoms with Crippen molar-refractivity contribution in [3.63, 3.8) is 0 Å². The summed E-state index contributed by atoms with van der Waals surface area (Å²) in [5.74, 6) is -0.0826. The summed E-state index contributed by atoms with van der Waals surface area (Å²) < 4.78 is 32.2. The van der Waals surface area contributed by atoms with Crippen LogP contribution in [-0.2, 0) is 10.0 Å². The number of carbonyl (C=O) groups excluding carboxylic acids is 1. The second-order valence-electron chi connectivity index (χ2n) is 6.42. The van der Waals surface area contributed by atoms with Crippen LogP contribution >= 0.6 is 0 Å². The number of furan rings is 1. The fraction of sp³-hybridized carbons (Fsp3) is 0.706. The van der Waals surface area contributed by atoms with E-state index in [1.807, 2.05) is 6.92 Å². The summed E-state index contributed by atoms with van der Waals surface area (Å²) in [7, 11) is -3.58. The molecule has 1 aromatic heterocycles. The molecule has 1 aliphatic rings. The van der Waals surface area contributed by atoms with Gasteiger partial charge in [0.25, 0.3) is 5.91 Å². The number of likely N-dealkylation sites (N-methyl/N-ethyl adjacent to an activating group) is 1. The predicted octanol–water partition coefficient (Wildman–Crippen LogP) is 1.83. The van der Waals surface area contributed by atoms with Gasteiger partial charge in [0.1, 0.15) is 10.7 Å². The van der Waals surface area contributed by atoms with Crippen LogP contribution in [0.25, 0.3) is 0 Å². The molecular weight excluding hydrogens is 342 g/mol. The first-order valence-electron chi connectivity index (χ1n) is 8.94. The Morgan fingerprint density at radius 2 is 1.92 bits per heavy atom. The number of amides is 1. The van der Waals surface area contributed by atoms with Gasteiger partial charge in [0.2, 0.25) is 10.0 Å². The van der Waals surface area contributed by atoms with Crippen molar-refractivity contribution in [1.29, 1.82) is 0 Å². The predicted molar refractivity (Wildman–Crippen MR) is 96.2 cm³/mol. The van der Waals surface area contributed by atoms with Gasteiger partial charge in [-0.2, -0.15) is 4.31 Å². The van der Waals surface area contributed by atoms with Gasteiger partial charge in [-0.15, -0.1) is 0 Å². The summed E-state index contributed by atoms with van der Waals surface area (Å²) in [4.78, 5) is 14.7. The van der Waals surface area contributed by atoms with Crippen molar-refractivity contribution < 1.29 is 17.6 Å². The van der Waals surface area contributed by atoms with E-state index in [1.165, 1.54) is 10.4 Å². The molecule has 1 aromatic rings. The molecule has 0 radical (unpaired) electrons. The number of hydrogen-bond acceptors (Lipinski definition) is 5. The number of sulfonamides is 1. The maximum atomic E-state index is 12.7. The Morgan fingerprint density at radius 3 is 2.48 bits per heavy atom. The van der Waals surface area contributed by atoms with Crippen molar-refractivity contribution in [3.05, 3.63) is 17.6 Å². The molecule has 0 saturated carbocycles. The molecule has 2 heterocycles. The molecule has 0 aliphatic carbocycles. The zero-order chi connectivity index (χ0) is 18.6. The average Bonchev–Trinajstić information content (AvgIpc) is 3.23. The van der Waals surface area contributed by atoms with Crippen LogP contribution in [0.2, 0.25) is 0 Å². The lowest BCUT2D eigenvalue weighted by Crippen LogP contribution is -2.41. The van der Waals surface area contributed by atoms with Gasteiger partial charge in [-0.3, -0.25) is 9.69 Å². The lowest BCUT2D eigenvalue weighted by Gasteiger charge is -2.26. The van der Waals surface area contributed by atoms with E-state index >= 15 is 0 Å². The highest BCUT2D eigenvalue weighted by molar-refractivity contribution is 7.89. The number of aryl methyl sites for hydroxylation is 1. The van der Waals surface area contributed by atoms with Crippen molar-refractivity contribution in [2.45, 2.75) is 51.5 Å². The van der Waals surface area contributed by atoms with Gasteiger partial charge < -0.3 is 9.73 Å². The molecule has 1 fully saturated rings. The van der Waals surface area contributed by atoms with Crippen LogP contribution in [0, 0.1) is 6.92 Å². The third-order valence-corrected chi connectivity index (χ3v) is 6.78. The molecule has 7 nitrogen and oxygen atoms in total. The lowest BCUT2D eigenvalue weighted by molar-refractivity contribution is 0.0909. The van der Waals surface area contributed by atoms with Gasteiger partial charge >= 0.3 is 0 Å². The molecule has 0 aromatic carbocycles. The summed E-state index contributed by atoms with van der Waals surface area (Å²) in [5, 5.41) is 2.83.